The number of fused-ring (bicyclic) bond motifs is 2. The molecule has 2 aliphatic rings. The first kappa shape index (κ1) is 16.7. The number of para-hydroxylation sites is 2. The van der Waals surface area contributed by atoms with Gasteiger partial charge in [0, 0.05) is 24.2 Å². The zero-order valence-corrected chi connectivity index (χ0v) is 13.9. The van der Waals surface area contributed by atoms with E-state index in [0.717, 1.165) is 12.8 Å². The van der Waals surface area contributed by atoms with Crippen molar-refractivity contribution in [3.63, 3.8) is 0 Å². The summed E-state index contributed by atoms with van der Waals surface area (Å²) in [6.07, 6.45) is 5.66. The Labute approximate surface area is 141 Å². The molecule has 0 saturated carbocycles. The quantitative estimate of drug-likeness (QED) is 0.637. The molecule has 7 nitrogen and oxygen atoms in total. The molecule has 0 radical (unpaired) electrons. The highest BCUT2D eigenvalue weighted by atomic mass is 16.6. The summed E-state index contributed by atoms with van der Waals surface area (Å²) in [7, 11) is 2.18. The molecule has 1 aromatic rings. The van der Waals surface area contributed by atoms with Crippen LogP contribution in [0.3, 0.4) is 0 Å². The molecule has 2 unspecified atom stereocenters. The second kappa shape index (κ2) is 7.17. The van der Waals surface area contributed by atoms with Crippen molar-refractivity contribution >= 4 is 17.3 Å². The lowest BCUT2D eigenvalue weighted by atomic mass is 9.82. The zero-order valence-electron chi connectivity index (χ0n) is 13.9. The summed E-state index contributed by atoms with van der Waals surface area (Å²) in [5.74, 6) is -0.110. The average Bonchev–Trinajstić information content (AvgIpc) is 2.54. The fourth-order valence-corrected chi connectivity index (χ4v) is 3.97. The lowest BCUT2D eigenvalue weighted by Crippen LogP contribution is -2.55. The Hall–Kier alpha value is -2.15. The van der Waals surface area contributed by atoms with E-state index in [1.807, 2.05) is 0 Å². The fourth-order valence-electron chi connectivity index (χ4n) is 3.97. The monoisotopic (exact) mass is 332 g/mol. The standard InChI is InChI=1S/C17H24N4O3/c1-20-13-5-4-6-14(20)10-12(9-13)19-17(22)11-18-15-7-2-3-8-16(15)21(23)24/h2-3,7-8,12-14,18H,4-6,9-11H2,1H3,(H,19,22). The molecule has 2 fully saturated rings. The molecule has 0 aromatic heterocycles. The second-order valence-corrected chi connectivity index (χ2v) is 6.77. The summed E-state index contributed by atoms with van der Waals surface area (Å²) < 4.78 is 0. The summed E-state index contributed by atoms with van der Waals surface area (Å²) in [5.41, 5.74) is 0.358. The normalized spacial score (nSPS) is 26.6. The van der Waals surface area contributed by atoms with Crippen molar-refractivity contribution in [1.29, 1.82) is 0 Å². The van der Waals surface area contributed by atoms with Crippen molar-refractivity contribution in [2.75, 3.05) is 18.9 Å². The molecule has 130 valence electrons. The van der Waals surface area contributed by atoms with Crippen LogP contribution in [0.4, 0.5) is 11.4 Å². The van der Waals surface area contributed by atoms with Crippen molar-refractivity contribution < 1.29 is 9.72 Å². The number of hydrogen-bond acceptors (Lipinski definition) is 5. The third-order valence-corrected chi connectivity index (χ3v) is 5.25. The number of nitrogens with one attached hydrogen (secondary N) is 2. The van der Waals surface area contributed by atoms with Gasteiger partial charge in [-0.2, -0.15) is 0 Å². The van der Waals surface area contributed by atoms with Crippen molar-refractivity contribution in [2.45, 2.75) is 50.2 Å². The maximum Gasteiger partial charge on any atom is 0.292 e. The van der Waals surface area contributed by atoms with Gasteiger partial charge in [0.15, 0.2) is 0 Å². The first-order chi connectivity index (χ1) is 11.5. The van der Waals surface area contributed by atoms with Crippen LogP contribution in [0, 0.1) is 10.1 Å². The number of nitro benzene ring substituents is 1. The summed E-state index contributed by atoms with van der Waals surface area (Å²) >= 11 is 0. The van der Waals surface area contributed by atoms with Gasteiger partial charge in [0.2, 0.25) is 5.91 Å². The molecule has 2 saturated heterocycles. The summed E-state index contributed by atoms with van der Waals surface area (Å²) in [4.78, 5) is 25.2. The Kier molecular flexibility index (Phi) is 4.99. The lowest BCUT2D eigenvalue weighted by Gasteiger charge is -2.47. The van der Waals surface area contributed by atoms with Crippen LogP contribution in [0.15, 0.2) is 24.3 Å². The Balaban J connectivity index is 1.53. The molecule has 0 aliphatic carbocycles. The van der Waals surface area contributed by atoms with Gasteiger partial charge in [-0.05, 0) is 38.8 Å². The van der Waals surface area contributed by atoms with E-state index in [1.54, 1.807) is 18.2 Å². The van der Waals surface area contributed by atoms with Crippen LogP contribution in [0.1, 0.15) is 32.1 Å². The molecule has 2 N–H and O–H groups in total. The minimum atomic E-state index is -0.446. The van der Waals surface area contributed by atoms with E-state index in [-0.39, 0.29) is 24.2 Å². The Morgan fingerprint density at radius 1 is 1.29 bits per heavy atom. The molecule has 7 heteroatoms. The van der Waals surface area contributed by atoms with E-state index in [0.29, 0.717) is 17.8 Å². The smallest absolute Gasteiger partial charge is 0.292 e. The number of anilines is 1. The van der Waals surface area contributed by atoms with Crippen molar-refractivity contribution in [3.8, 4) is 0 Å². The van der Waals surface area contributed by atoms with Gasteiger partial charge in [-0.1, -0.05) is 18.6 Å². The highest BCUT2D eigenvalue weighted by molar-refractivity contribution is 5.82. The minimum absolute atomic E-state index is 0.0147. The molecule has 2 bridgehead atoms. The van der Waals surface area contributed by atoms with Gasteiger partial charge in [-0.3, -0.25) is 14.9 Å². The van der Waals surface area contributed by atoms with Crippen LogP contribution in [0.5, 0.6) is 0 Å². The van der Waals surface area contributed by atoms with E-state index in [9.17, 15) is 14.9 Å². The number of nitrogens with zero attached hydrogens (tertiary/aromatic N) is 2. The second-order valence-electron chi connectivity index (χ2n) is 6.77. The van der Waals surface area contributed by atoms with E-state index in [4.69, 9.17) is 0 Å². The van der Waals surface area contributed by atoms with Gasteiger partial charge >= 0.3 is 0 Å². The van der Waals surface area contributed by atoms with E-state index >= 15 is 0 Å². The highest BCUT2D eigenvalue weighted by Crippen LogP contribution is 2.32. The maximum absolute atomic E-state index is 12.2. The Morgan fingerprint density at radius 3 is 2.62 bits per heavy atom. The Morgan fingerprint density at radius 2 is 1.96 bits per heavy atom. The van der Waals surface area contributed by atoms with Crippen LogP contribution < -0.4 is 10.6 Å². The molecule has 1 amide bonds. The number of piperidine rings is 2. The van der Waals surface area contributed by atoms with Gasteiger partial charge < -0.3 is 15.5 Å². The third kappa shape index (κ3) is 3.67. The number of carbonyl (C=O) groups is 1. The molecule has 3 rings (SSSR count). The number of hydrogen-bond donors (Lipinski definition) is 2. The summed E-state index contributed by atoms with van der Waals surface area (Å²) in [6.45, 7) is 0.0481. The third-order valence-electron chi connectivity index (χ3n) is 5.25. The van der Waals surface area contributed by atoms with Crippen LogP contribution >= 0.6 is 0 Å². The van der Waals surface area contributed by atoms with Crippen LogP contribution in [0.25, 0.3) is 0 Å². The highest BCUT2D eigenvalue weighted by Gasteiger charge is 2.36. The zero-order chi connectivity index (χ0) is 17.1. The topological polar surface area (TPSA) is 87.5 Å². The summed E-state index contributed by atoms with van der Waals surface area (Å²) in [6, 6.07) is 7.70. The van der Waals surface area contributed by atoms with Gasteiger partial charge in [0.1, 0.15) is 5.69 Å². The van der Waals surface area contributed by atoms with Crippen molar-refractivity contribution in [3.05, 3.63) is 34.4 Å². The molecule has 2 atom stereocenters. The molecule has 2 heterocycles. The Bertz CT molecular complexity index is 608. The van der Waals surface area contributed by atoms with E-state index < -0.39 is 4.92 Å². The molecule has 0 spiro atoms. The lowest BCUT2D eigenvalue weighted by molar-refractivity contribution is -0.383. The molecule has 24 heavy (non-hydrogen) atoms. The predicted octanol–water partition coefficient (Wildman–Crippen LogP) is 2.14. The number of carbonyl (C=O) groups excluding carboxylic acids is 1. The number of amides is 1. The molecular formula is C17H24N4O3. The SMILES string of the molecule is CN1C2CCCC1CC(NC(=O)CNc1ccccc1[N+](=O)[O-])C2. The average molecular weight is 332 g/mol. The van der Waals surface area contributed by atoms with Crippen molar-refractivity contribution in [2.24, 2.45) is 0 Å². The molecule has 2 aliphatic heterocycles. The predicted molar refractivity (Wildman–Crippen MR) is 91.9 cm³/mol. The number of nitro groups is 1. The maximum atomic E-state index is 12.2. The van der Waals surface area contributed by atoms with Gasteiger partial charge in [-0.15, -0.1) is 0 Å². The fraction of sp³-hybridized carbons (Fsp3) is 0.588. The van der Waals surface area contributed by atoms with E-state index in [2.05, 4.69) is 22.6 Å². The largest absolute Gasteiger partial charge is 0.371 e. The first-order valence-corrected chi connectivity index (χ1v) is 8.53. The van der Waals surface area contributed by atoms with Crippen LogP contribution in [-0.2, 0) is 4.79 Å². The van der Waals surface area contributed by atoms with Gasteiger partial charge in [0.25, 0.3) is 5.69 Å². The van der Waals surface area contributed by atoms with Gasteiger partial charge in [0.05, 0.1) is 11.5 Å². The molecule has 1 aromatic carbocycles. The number of rotatable bonds is 5. The van der Waals surface area contributed by atoms with Crippen LogP contribution in [-0.4, -0.2) is 47.4 Å². The first-order valence-electron chi connectivity index (χ1n) is 8.53. The van der Waals surface area contributed by atoms with Crippen LogP contribution in [0.2, 0.25) is 0 Å². The summed E-state index contributed by atoms with van der Waals surface area (Å²) in [5, 5.41) is 17.0. The minimum Gasteiger partial charge on any atom is -0.371 e. The van der Waals surface area contributed by atoms with E-state index in [1.165, 1.54) is 25.3 Å². The van der Waals surface area contributed by atoms with Gasteiger partial charge in [-0.25, -0.2) is 0 Å². The molecular weight excluding hydrogens is 308 g/mol. The van der Waals surface area contributed by atoms with Crippen molar-refractivity contribution in [1.82, 2.24) is 10.2 Å². The number of benzene rings is 1.